The third-order valence-electron chi connectivity index (χ3n) is 6.15. The molecule has 1 heterocycles. The highest BCUT2D eigenvalue weighted by atomic mass is 32.2. The van der Waals surface area contributed by atoms with Gasteiger partial charge in [0.25, 0.3) is 0 Å². The summed E-state index contributed by atoms with van der Waals surface area (Å²) in [5, 5.41) is 3.02. The molecule has 1 amide bonds. The first-order valence-corrected chi connectivity index (χ1v) is 14.0. The van der Waals surface area contributed by atoms with Crippen LogP contribution >= 0.6 is 11.8 Å². The molecule has 35 heavy (non-hydrogen) atoms. The summed E-state index contributed by atoms with van der Waals surface area (Å²) in [5.41, 5.74) is 2.94. The van der Waals surface area contributed by atoms with Gasteiger partial charge in [0.15, 0.2) is 0 Å². The predicted octanol–water partition coefficient (Wildman–Crippen LogP) is 5.34. The van der Waals surface area contributed by atoms with E-state index in [9.17, 15) is 13.2 Å². The maximum Gasteiger partial charge on any atom is 0.243 e. The number of nitrogens with zero attached hydrogens (tertiary/aromatic N) is 1. The number of carbonyl (C=O) groups excluding carboxylic acids is 1. The van der Waals surface area contributed by atoms with Crippen LogP contribution in [0.4, 0.5) is 5.69 Å². The van der Waals surface area contributed by atoms with E-state index in [0.717, 1.165) is 17.0 Å². The summed E-state index contributed by atoms with van der Waals surface area (Å²) in [6.45, 7) is 2.56. The van der Waals surface area contributed by atoms with E-state index in [4.69, 9.17) is 4.74 Å². The van der Waals surface area contributed by atoms with E-state index >= 15 is 0 Å². The Hall–Kier alpha value is -2.81. The third kappa shape index (κ3) is 6.25. The van der Waals surface area contributed by atoms with Crippen molar-refractivity contribution in [2.24, 2.45) is 5.92 Å². The van der Waals surface area contributed by atoms with Crippen molar-refractivity contribution in [1.82, 2.24) is 4.31 Å². The van der Waals surface area contributed by atoms with Gasteiger partial charge in [-0.05, 0) is 73.4 Å². The molecule has 0 bridgehead atoms. The summed E-state index contributed by atoms with van der Waals surface area (Å²) in [4.78, 5) is 14.5. The number of carbonyl (C=O) groups is 1. The molecule has 1 aliphatic rings. The molecule has 184 valence electrons. The molecule has 1 saturated heterocycles. The van der Waals surface area contributed by atoms with Crippen molar-refractivity contribution < 1.29 is 17.9 Å². The number of rotatable bonds is 8. The van der Waals surface area contributed by atoms with E-state index in [-0.39, 0.29) is 17.3 Å². The largest absolute Gasteiger partial charge is 0.497 e. The van der Waals surface area contributed by atoms with Crippen molar-refractivity contribution in [2.45, 2.75) is 35.3 Å². The average Bonchev–Trinajstić information content (AvgIpc) is 2.89. The number of aryl methyl sites for hydroxylation is 1. The molecule has 1 aliphatic heterocycles. The van der Waals surface area contributed by atoms with Crippen LogP contribution in [-0.2, 0) is 20.6 Å². The van der Waals surface area contributed by atoms with Crippen molar-refractivity contribution in [2.75, 3.05) is 25.5 Å². The number of nitrogens with one attached hydrogen (secondary N) is 1. The first kappa shape index (κ1) is 25.3. The van der Waals surface area contributed by atoms with Crippen molar-refractivity contribution in [1.29, 1.82) is 0 Å². The van der Waals surface area contributed by atoms with Crippen LogP contribution in [0.15, 0.2) is 82.6 Å². The van der Waals surface area contributed by atoms with Crippen LogP contribution in [0.5, 0.6) is 5.75 Å². The van der Waals surface area contributed by atoms with Crippen LogP contribution in [0, 0.1) is 12.8 Å². The van der Waals surface area contributed by atoms with Gasteiger partial charge in [0.2, 0.25) is 15.9 Å². The number of sulfonamides is 1. The molecule has 1 unspecified atom stereocenters. The lowest BCUT2D eigenvalue weighted by Gasteiger charge is -2.31. The molecule has 0 saturated carbocycles. The smallest absolute Gasteiger partial charge is 0.243 e. The highest BCUT2D eigenvalue weighted by Gasteiger charge is 2.33. The number of ether oxygens (including phenoxy) is 1. The summed E-state index contributed by atoms with van der Waals surface area (Å²) in [5.74, 6) is 0.901. The number of anilines is 1. The van der Waals surface area contributed by atoms with Gasteiger partial charge in [-0.1, -0.05) is 30.3 Å². The number of methoxy groups -OCH3 is 1. The van der Waals surface area contributed by atoms with Crippen LogP contribution in [0.25, 0.3) is 0 Å². The fraction of sp³-hybridized carbons (Fsp3) is 0.296. The van der Waals surface area contributed by atoms with Crippen molar-refractivity contribution in [3.05, 3.63) is 83.9 Å². The van der Waals surface area contributed by atoms with Gasteiger partial charge >= 0.3 is 0 Å². The molecule has 4 rings (SSSR count). The number of thioether (sulfide) groups is 1. The summed E-state index contributed by atoms with van der Waals surface area (Å²) in [6.07, 6.45) is 1.30. The molecule has 1 fully saturated rings. The first-order chi connectivity index (χ1) is 16.9. The molecule has 6 nitrogen and oxygen atoms in total. The van der Waals surface area contributed by atoms with Gasteiger partial charge in [0.05, 0.1) is 17.9 Å². The minimum Gasteiger partial charge on any atom is -0.497 e. The fourth-order valence-electron chi connectivity index (χ4n) is 4.15. The van der Waals surface area contributed by atoms with E-state index in [2.05, 4.69) is 23.5 Å². The number of hydrogen-bond donors (Lipinski definition) is 1. The normalized spacial score (nSPS) is 16.6. The van der Waals surface area contributed by atoms with Crippen LogP contribution in [0.3, 0.4) is 0 Å². The highest BCUT2D eigenvalue weighted by Crippen LogP contribution is 2.28. The summed E-state index contributed by atoms with van der Waals surface area (Å²) < 4.78 is 32.8. The lowest BCUT2D eigenvalue weighted by molar-refractivity contribution is -0.120. The lowest BCUT2D eigenvalue weighted by Crippen LogP contribution is -2.43. The molecule has 0 aromatic heterocycles. The minimum atomic E-state index is -3.67. The van der Waals surface area contributed by atoms with Gasteiger partial charge in [-0.25, -0.2) is 8.42 Å². The standard InChI is InChI=1S/C27H30N2O4S2/c1-20-17-21(19-34-24-8-4-3-5-9-24)10-15-26(20)28-27(30)22-7-6-16-29(18-22)35(31,32)25-13-11-23(33-2)12-14-25/h3-5,8-15,17,22H,6-7,16,18-19H2,1-2H3,(H,28,30). The Morgan fingerprint density at radius 1 is 1.09 bits per heavy atom. The van der Waals surface area contributed by atoms with Crippen LogP contribution < -0.4 is 10.1 Å². The highest BCUT2D eigenvalue weighted by molar-refractivity contribution is 7.98. The van der Waals surface area contributed by atoms with Crippen molar-refractivity contribution in [3.8, 4) is 5.75 Å². The van der Waals surface area contributed by atoms with E-state index < -0.39 is 15.9 Å². The Balaban J connectivity index is 1.38. The lowest BCUT2D eigenvalue weighted by atomic mass is 9.98. The Labute approximate surface area is 211 Å². The molecule has 3 aromatic carbocycles. The zero-order valence-electron chi connectivity index (χ0n) is 19.9. The van der Waals surface area contributed by atoms with Crippen molar-refractivity contribution in [3.63, 3.8) is 0 Å². The van der Waals surface area contributed by atoms with Gasteiger partial charge in [0.1, 0.15) is 5.75 Å². The topological polar surface area (TPSA) is 75.7 Å². The molecule has 1 atom stereocenters. The van der Waals surface area contributed by atoms with Crippen LogP contribution in [0.1, 0.15) is 24.0 Å². The molecule has 8 heteroatoms. The van der Waals surface area contributed by atoms with Crippen LogP contribution in [0.2, 0.25) is 0 Å². The molecule has 0 spiro atoms. The second-order valence-electron chi connectivity index (χ2n) is 8.62. The summed E-state index contributed by atoms with van der Waals surface area (Å²) in [6, 6.07) is 22.6. The quantitative estimate of drug-likeness (QED) is 0.414. The van der Waals surface area contributed by atoms with Gasteiger partial charge in [-0.15, -0.1) is 11.8 Å². The van der Waals surface area contributed by atoms with E-state index in [0.29, 0.717) is 25.1 Å². The Bertz CT molecular complexity index is 1260. The predicted molar refractivity (Wildman–Crippen MR) is 140 cm³/mol. The maximum absolute atomic E-state index is 13.1. The Kier molecular flexibility index (Phi) is 8.15. The molecular formula is C27H30N2O4S2. The van der Waals surface area contributed by atoms with Crippen molar-refractivity contribution >= 4 is 33.4 Å². The maximum atomic E-state index is 13.1. The Morgan fingerprint density at radius 2 is 1.83 bits per heavy atom. The monoisotopic (exact) mass is 510 g/mol. The van der Waals surface area contributed by atoms with Gasteiger partial charge in [-0.2, -0.15) is 4.31 Å². The minimum absolute atomic E-state index is 0.144. The molecular weight excluding hydrogens is 480 g/mol. The van der Waals surface area contributed by atoms with E-state index in [1.807, 2.05) is 37.3 Å². The SMILES string of the molecule is COc1ccc(S(=O)(=O)N2CCCC(C(=O)Nc3ccc(CSc4ccccc4)cc3C)C2)cc1. The second-order valence-corrected chi connectivity index (χ2v) is 11.6. The molecule has 0 aliphatic carbocycles. The number of piperidine rings is 1. The van der Waals surface area contributed by atoms with E-state index in [1.165, 1.54) is 21.9 Å². The van der Waals surface area contributed by atoms with Gasteiger partial charge in [-0.3, -0.25) is 4.79 Å². The first-order valence-electron chi connectivity index (χ1n) is 11.6. The van der Waals surface area contributed by atoms with Gasteiger partial charge in [0, 0.05) is 29.4 Å². The summed E-state index contributed by atoms with van der Waals surface area (Å²) >= 11 is 1.77. The Morgan fingerprint density at radius 3 is 2.51 bits per heavy atom. The fourth-order valence-corrected chi connectivity index (χ4v) is 6.53. The zero-order valence-corrected chi connectivity index (χ0v) is 21.6. The second kappa shape index (κ2) is 11.3. The van der Waals surface area contributed by atoms with Gasteiger partial charge < -0.3 is 10.1 Å². The molecule has 1 N–H and O–H groups in total. The van der Waals surface area contributed by atoms with Crippen LogP contribution in [-0.4, -0.2) is 38.8 Å². The number of benzene rings is 3. The third-order valence-corrected chi connectivity index (χ3v) is 9.11. The zero-order chi connectivity index (χ0) is 24.8. The molecule has 0 radical (unpaired) electrons. The number of amides is 1. The molecule has 3 aromatic rings. The van der Waals surface area contributed by atoms with E-state index in [1.54, 1.807) is 36.0 Å². The average molecular weight is 511 g/mol. The summed E-state index contributed by atoms with van der Waals surface area (Å²) in [7, 11) is -2.14. The number of hydrogen-bond acceptors (Lipinski definition) is 5.